The third-order valence-electron chi connectivity index (χ3n) is 3.87. The van der Waals surface area contributed by atoms with Crippen LogP contribution in [0.2, 0.25) is 0 Å². The highest BCUT2D eigenvalue weighted by molar-refractivity contribution is 5.38. The van der Waals surface area contributed by atoms with Crippen LogP contribution in [-0.4, -0.2) is 37.2 Å². The number of hydrogen-bond donors (Lipinski definition) is 2. The lowest BCUT2D eigenvalue weighted by Gasteiger charge is -2.26. The molecular formula is C16H26N2O. The fourth-order valence-electron chi connectivity index (χ4n) is 2.83. The summed E-state index contributed by atoms with van der Waals surface area (Å²) in [4.78, 5) is 2.23. The number of aryl methyl sites for hydroxylation is 1. The maximum Gasteiger partial charge on any atom is 0.115 e. The van der Waals surface area contributed by atoms with Gasteiger partial charge in [-0.05, 0) is 82.5 Å². The van der Waals surface area contributed by atoms with Crippen LogP contribution in [0, 0.1) is 0 Å². The first-order chi connectivity index (χ1) is 9.16. The number of phenols is 1. The quantitative estimate of drug-likeness (QED) is 0.774. The van der Waals surface area contributed by atoms with E-state index in [-0.39, 0.29) is 0 Å². The number of hydrogen-bond acceptors (Lipinski definition) is 3. The predicted molar refractivity (Wildman–Crippen MR) is 79.6 cm³/mol. The van der Waals surface area contributed by atoms with Crippen molar-refractivity contribution < 1.29 is 5.11 Å². The summed E-state index contributed by atoms with van der Waals surface area (Å²) in [7, 11) is 4.24. The van der Waals surface area contributed by atoms with E-state index >= 15 is 0 Å². The lowest BCUT2D eigenvalue weighted by molar-refractivity contribution is 0.382. The Morgan fingerprint density at radius 3 is 2.95 bits per heavy atom. The standard InChI is InChI=1S/C16H26N2O/c1-18(2)11-4-3-10-17-16-7-5-6-13-8-9-14(19)12-15(13)16/h8-9,12,16-17,19H,3-7,10-11H2,1-2H3. The molecule has 1 aromatic rings. The van der Waals surface area contributed by atoms with Crippen LogP contribution in [0.1, 0.15) is 42.9 Å². The third-order valence-corrected chi connectivity index (χ3v) is 3.87. The molecule has 1 atom stereocenters. The normalized spacial score (nSPS) is 18.6. The molecular weight excluding hydrogens is 236 g/mol. The molecule has 0 bridgehead atoms. The van der Waals surface area contributed by atoms with Crippen LogP contribution in [0.15, 0.2) is 18.2 Å². The van der Waals surface area contributed by atoms with E-state index in [1.807, 2.05) is 6.07 Å². The SMILES string of the molecule is CN(C)CCCCNC1CCCc2ccc(O)cc21. The Labute approximate surface area is 116 Å². The van der Waals surface area contributed by atoms with E-state index in [0.717, 1.165) is 19.5 Å². The summed E-state index contributed by atoms with van der Waals surface area (Å²) in [6, 6.07) is 6.24. The summed E-state index contributed by atoms with van der Waals surface area (Å²) in [5, 5.41) is 13.3. The van der Waals surface area contributed by atoms with Crippen molar-refractivity contribution in [1.29, 1.82) is 0 Å². The first-order valence-corrected chi connectivity index (χ1v) is 7.37. The predicted octanol–water partition coefficient (Wildman–Crippen LogP) is 2.70. The zero-order valence-electron chi connectivity index (χ0n) is 12.2. The van der Waals surface area contributed by atoms with Gasteiger partial charge in [-0.3, -0.25) is 0 Å². The average molecular weight is 262 g/mol. The zero-order valence-corrected chi connectivity index (χ0v) is 12.2. The van der Waals surface area contributed by atoms with E-state index in [4.69, 9.17) is 0 Å². The summed E-state index contributed by atoms with van der Waals surface area (Å²) in [5.41, 5.74) is 2.70. The van der Waals surface area contributed by atoms with Crippen LogP contribution >= 0.6 is 0 Å². The summed E-state index contributed by atoms with van der Waals surface area (Å²) in [5.74, 6) is 0.389. The number of nitrogens with one attached hydrogen (secondary N) is 1. The van der Waals surface area contributed by atoms with Crippen LogP contribution in [0.25, 0.3) is 0 Å². The van der Waals surface area contributed by atoms with Crippen LogP contribution < -0.4 is 5.32 Å². The fraction of sp³-hybridized carbons (Fsp3) is 0.625. The highest BCUT2D eigenvalue weighted by Gasteiger charge is 2.19. The first kappa shape index (κ1) is 14.4. The van der Waals surface area contributed by atoms with Crippen molar-refractivity contribution in [2.24, 2.45) is 0 Å². The largest absolute Gasteiger partial charge is 0.508 e. The second kappa shape index (κ2) is 6.92. The van der Waals surface area contributed by atoms with Gasteiger partial charge in [0.2, 0.25) is 0 Å². The number of fused-ring (bicyclic) bond motifs is 1. The molecule has 0 spiro atoms. The first-order valence-electron chi connectivity index (χ1n) is 7.37. The van der Waals surface area contributed by atoms with Gasteiger partial charge in [-0.15, -0.1) is 0 Å². The molecule has 3 nitrogen and oxygen atoms in total. The van der Waals surface area contributed by atoms with Gasteiger partial charge in [0.05, 0.1) is 0 Å². The molecule has 0 saturated carbocycles. The van der Waals surface area contributed by atoms with Crippen molar-refractivity contribution in [1.82, 2.24) is 10.2 Å². The summed E-state index contributed by atoms with van der Waals surface area (Å²) < 4.78 is 0. The molecule has 3 heteroatoms. The highest BCUT2D eigenvalue weighted by Crippen LogP contribution is 2.31. The molecule has 0 aromatic heterocycles. The highest BCUT2D eigenvalue weighted by atomic mass is 16.3. The number of aromatic hydroxyl groups is 1. The summed E-state index contributed by atoms with van der Waals surface area (Å²) in [6.45, 7) is 2.22. The average Bonchev–Trinajstić information content (AvgIpc) is 2.38. The van der Waals surface area contributed by atoms with Crippen molar-refractivity contribution in [2.75, 3.05) is 27.2 Å². The summed E-state index contributed by atoms with van der Waals surface area (Å²) >= 11 is 0. The maximum absolute atomic E-state index is 9.64. The Kier molecular flexibility index (Phi) is 5.23. The number of unbranched alkanes of at least 4 members (excludes halogenated alkanes) is 1. The Bertz CT molecular complexity index is 404. The van der Waals surface area contributed by atoms with Crippen LogP contribution in [-0.2, 0) is 6.42 Å². The van der Waals surface area contributed by atoms with Crippen LogP contribution in [0.3, 0.4) is 0 Å². The third kappa shape index (κ3) is 4.22. The minimum atomic E-state index is 0.389. The van der Waals surface area contributed by atoms with Gasteiger partial charge in [-0.25, -0.2) is 0 Å². The van der Waals surface area contributed by atoms with E-state index in [2.05, 4.69) is 30.4 Å². The van der Waals surface area contributed by atoms with Gasteiger partial charge in [-0.1, -0.05) is 6.07 Å². The minimum absolute atomic E-state index is 0.389. The molecule has 0 heterocycles. The lowest BCUT2D eigenvalue weighted by atomic mass is 9.87. The Morgan fingerprint density at radius 2 is 2.16 bits per heavy atom. The maximum atomic E-state index is 9.64. The van der Waals surface area contributed by atoms with Crippen LogP contribution in [0.5, 0.6) is 5.75 Å². The number of benzene rings is 1. The molecule has 19 heavy (non-hydrogen) atoms. The van der Waals surface area contributed by atoms with Gasteiger partial charge in [0, 0.05) is 6.04 Å². The zero-order chi connectivity index (χ0) is 13.7. The van der Waals surface area contributed by atoms with Gasteiger partial charge < -0.3 is 15.3 Å². The molecule has 0 amide bonds. The lowest BCUT2D eigenvalue weighted by Crippen LogP contribution is -2.26. The van der Waals surface area contributed by atoms with Gasteiger partial charge in [0.25, 0.3) is 0 Å². The van der Waals surface area contributed by atoms with Crippen molar-refractivity contribution in [2.45, 2.75) is 38.1 Å². The minimum Gasteiger partial charge on any atom is -0.508 e. The van der Waals surface area contributed by atoms with Crippen molar-refractivity contribution in [3.63, 3.8) is 0 Å². The fourth-order valence-corrected chi connectivity index (χ4v) is 2.83. The molecule has 0 saturated heterocycles. The van der Waals surface area contributed by atoms with Gasteiger partial charge >= 0.3 is 0 Å². The second-order valence-corrected chi connectivity index (χ2v) is 5.79. The molecule has 2 N–H and O–H groups in total. The molecule has 2 rings (SSSR count). The van der Waals surface area contributed by atoms with Gasteiger partial charge in [0.15, 0.2) is 0 Å². The number of nitrogens with zero attached hydrogens (tertiary/aromatic N) is 1. The van der Waals surface area contributed by atoms with Crippen molar-refractivity contribution in [3.8, 4) is 5.75 Å². The molecule has 0 radical (unpaired) electrons. The molecule has 1 aliphatic rings. The summed E-state index contributed by atoms with van der Waals surface area (Å²) in [6.07, 6.45) is 6.02. The number of phenolic OH excluding ortho intramolecular Hbond substituents is 1. The Hall–Kier alpha value is -1.06. The van der Waals surface area contributed by atoms with Crippen LogP contribution in [0.4, 0.5) is 0 Å². The topological polar surface area (TPSA) is 35.5 Å². The molecule has 0 fully saturated rings. The van der Waals surface area contributed by atoms with E-state index in [1.54, 1.807) is 6.07 Å². The number of rotatable bonds is 6. The smallest absolute Gasteiger partial charge is 0.115 e. The molecule has 1 aromatic carbocycles. The monoisotopic (exact) mass is 262 g/mol. The molecule has 106 valence electrons. The molecule has 1 aliphatic carbocycles. The van der Waals surface area contributed by atoms with Crippen molar-refractivity contribution in [3.05, 3.63) is 29.3 Å². The van der Waals surface area contributed by atoms with Gasteiger partial charge in [-0.2, -0.15) is 0 Å². The molecule has 1 unspecified atom stereocenters. The van der Waals surface area contributed by atoms with Crippen molar-refractivity contribution >= 4 is 0 Å². The molecule has 0 aliphatic heterocycles. The van der Waals surface area contributed by atoms with Gasteiger partial charge in [0.1, 0.15) is 5.75 Å². The van der Waals surface area contributed by atoms with E-state index in [0.29, 0.717) is 11.8 Å². The Morgan fingerprint density at radius 1 is 1.32 bits per heavy atom. The second-order valence-electron chi connectivity index (χ2n) is 5.79. The van der Waals surface area contributed by atoms with E-state index in [1.165, 1.54) is 36.8 Å². The van der Waals surface area contributed by atoms with E-state index < -0.39 is 0 Å². The van der Waals surface area contributed by atoms with E-state index in [9.17, 15) is 5.11 Å². The Balaban J connectivity index is 1.84.